The molecule has 3 aromatic carbocycles. The number of anilines is 6. The molecule has 3 amide bonds. The number of carbonyl (C=O) groups excluding carboxylic acids is 3. The Hall–Kier alpha value is -5.20. The number of hydrogen-bond acceptors (Lipinski definition) is 10. The number of piperidine rings is 2. The largest absolute Gasteiger partial charge is 0.372 e. The van der Waals surface area contributed by atoms with Gasteiger partial charge in [0, 0.05) is 76.3 Å². The molecule has 4 heterocycles. The maximum atomic E-state index is 12.3. The number of carbonyl (C=O) groups is 3. The first-order valence-corrected chi connectivity index (χ1v) is 18.3. The molecule has 12 nitrogen and oxygen atoms in total. The summed E-state index contributed by atoms with van der Waals surface area (Å²) < 4.78 is 0. The molecule has 13 heteroatoms. The average molecular weight is 722 g/mol. The van der Waals surface area contributed by atoms with Gasteiger partial charge in [-0.3, -0.25) is 24.6 Å². The lowest BCUT2D eigenvalue weighted by atomic mass is 9.90. The van der Waals surface area contributed by atoms with Crippen molar-refractivity contribution in [1.29, 1.82) is 0 Å². The third-order valence-electron chi connectivity index (χ3n) is 10.3. The van der Waals surface area contributed by atoms with E-state index in [1.165, 1.54) is 30.4 Å². The summed E-state index contributed by atoms with van der Waals surface area (Å²) in [6.45, 7) is 7.25. The Morgan fingerprint density at radius 3 is 2.21 bits per heavy atom. The van der Waals surface area contributed by atoms with E-state index in [1.54, 1.807) is 25.2 Å². The van der Waals surface area contributed by atoms with Crippen LogP contribution in [0.5, 0.6) is 0 Å². The van der Waals surface area contributed by atoms with Crippen LogP contribution in [0.1, 0.15) is 47.5 Å². The van der Waals surface area contributed by atoms with Gasteiger partial charge < -0.3 is 25.8 Å². The molecule has 1 atom stereocenters. The third-order valence-corrected chi connectivity index (χ3v) is 10.6. The molecule has 0 aliphatic carbocycles. The molecule has 4 N–H and O–H groups in total. The van der Waals surface area contributed by atoms with Gasteiger partial charge in [-0.1, -0.05) is 35.9 Å². The summed E-state index contributed by atoms with van der Waals surface area (Å²) in [5.41, 5.74) is 5.31. The molecule has 52 heavy (non-hydrogen) atoms. The Kier molecular flexibility index (Phi) is 10.8. The second-order valence-corrected chi connectivity index (χ2v) is 14.0. The maximum Gasteiger partial charge on any atom is 0.253 e. The Labute approximate surface area is 308 Å². The second-order valence-electron chi connectivity index (χ2n) is 13.6. The first kappa shape index (κ1) is 35.2. The number of piperazine rings is 1. The zero-order chi connectivity index (χ0) is 36.0. The van der Waals surface area contributed by atoms with E-state index in [2.05, 4.69) is 70.2 Å². The number of amides is 3. The topological polar surface area (TPSA) is 135 Å². The van der Waals surface area contributed by atoms with Crippen LogP contribution in [0.3, 0.4) is 0 Å². The standard InChI is InChI=1S/C39H44ClN9O3/c1-41-37(51)32-4-2-3-5-34(32)44-36-33(40)24-42-39(46-36)43-28-8-12-30(13-9-28)49-22-20-47(21-23-49)25-26-16-18-48(19-17-26)29-10-6-27(7-11-29)31-14-15-35(50)45-38(31)52/h2-13,24,26,31H,14-23,25H2,1H3,(H,41,51)(H,45,50,52)(H2,42,43,44,46)/t31-/m0/s1. The zero-order valence-corrected chi connectivity index (χ0v) is 30.0. The highest BCUT2D eigenvalue weighted by molar-refractivity contribution is 6.33. The van der Waals surface area contributed by atoms with Gasteiger partial charge in [-0.15, -0.1) is 0 Å². The van der Waals surface area contributed by atoms with E-state index in [1.807, 2.05) is 30.3 Å². The van der Waals surface area contributed by atoms with E-state index >= 15 is 0 Å². The van der Waals surface area contributed by atoms with Gasteiger partial charge in [0.1, 0.15) is 5.02 Å². The van der Waals surface area contributed by atoms with Crippen molar-refractivity contribution in [2.75, 3.05) is 73.3 Å². The Bertz CT molecular complexity index is 1890. The molecule has 4 aromatic rings. The number of benzene rings is 3. The van der Waals surface area contributed by atoms with Gasteiger partial charge in [0.25, 0.3) is 5.91 Å². The molecular weight excluding hydrogens is 678 g/mol. The predicted molar refractivity (Wildman–Crippen MR) is 205 cm³/mol. The summed E-state index contributed by atoms with van der Waals surface area (Å²) in [5, 5.41) is 11.9. The number of nitrogens with zero attached hydrogens (tertiary/aromatic N) is 5. The van der Waals surface area contributed by atoms with Gasteiger partial charge in [-0.25, -0.2) is 4.98 Å². The normalized spacial score (nSPS) is 18.5. The summed E-state index contributed by atoms with van der Waals surface area (Å²) in [5.74, 6) is 0.661. The highest BCUT2D eigenvalue weighted by atomic mass is 35.5. The highest BCUT2D eigenvalue weighted by Gasteiger charge is 2.29. The fourth-order valence-electron chi connectivity index (χ4n) is 7.31. The molecule has 0 spiro atoms. The number of nitrogens with one attached hydrogen (secondary N) is 4. The van der Waals surface area contributed by atoms with Crippen molar-refractivity contribution in [1.82, 2.24) is 25.5 Å². The van der Waals surface area contributed by atoms with Crippen LogP contribution < -0.4 is 31.1 Å². The van der Waals surface area contributed by atoms with Crippen LogP contribution in [0.2, 0.25) is 5.02 Å². The van der Waals surface area contributed by atoms with Gasteiger partial charge >= 0.3 is 0 Å². The minimum Gasteiger partial charge on any atom is -0.372 e. The molecule has 3 fully saturated rings. The molecular formula is C39H44ClN9O3. The third kappa shape index (κ3) is 8.29. The van der Waals surface area contributed by atoms with Gasteiger partial charge in [0.15, 0.2) is 5.82 Å². The number of imide groups is 1. The SMILES string of the molecule is CNC(=O)c1ccccc1Nc1nc(Nc2ccc(N3CCN(CC4CCN(c5ccc([C@@H]6CCC(=O)NC6=O)cc5)CC4)CC3)cc2)ncc1Cl. The minimum absolute atomic E-state index is 0.178. The first-order valence-electron chi connectivity index (χ1n) is 18.0. The van der Waals surface area contributed by atoms with Crippen LogP contribution in [-0.2, 0) is 9.59 Å². The van der Waals surface area contributed by atoms with Crippen molar-refractivity contribution in [3.8, 4) is 0 Å². The fraction of sp³-hybridized carbons (Fsp3) is 0.359. The fourth-order valence-corrected chi connectivity index (χ4v) is 7.45. The van der Waals surface area contributed by atoms with Crippen molar-refractivity contribution < 1.29 is 14.4 Å². The Morgan fingerprint density at radius 2 is 1.52 bits per heavy atom. The lowest BCUT2D eigenvalue weighted by Gasteiger charge is -2.40. The van der Waals surface area contributed by atoms with E-state index in [0.29, 0.717) is 46.8 Å². The highest BCUT2D eigenvalue weighted by Crippen LogP contribution is 2.30. The number of hydrogen-bond donors (Lipinski definition) is 4. The molecule has 3 aliphatic rings. The molecule has 3 saturated heterocycles. The number of aromatic nitrogens is 2. The van der Waals surface area contributed by atoms with E-state index < -0.39 is 0 Å². The second kappa shape index (κ2) is 16.0. The van der Waals surface area contributed by atoms with Crippen molar-refractivity contribution in [2.45, 2.75) is 31.6 Å². The summed E-state index contributed by atoms with van der Waals surface area (Å²) >= 11 is 6.40. The van der Waals surface area contributed by atoms with Crippen molar-refractivity contribution >= 4 is 63.8 Å². The Morgan fingerprint density at radius 1 is 0.846 bits per heavy atom. The summed E-state index contributed by atoms with van der Waals surface area (Å²) in [7, 11) is 1.59. The molecule has 7 rings (SSSR count). The van der Waals surface area contributed by atoms with Crippen LogP contribution in [-0.4, -0.2) is 85.5 Å². The summed E-state index contributed by atoms with van der Waals surface area (Å²) in [4.78, 5) is 52.5. The lowest BCUT2D eigenvalue weighted by Crippen LogP contribution is -2.49. The van der Waals surface area contributed by atoms with E-state index in [-0.39, 0.29) is 23.6 Å². The maximum absolute atomic E-state index is 12.3. The first-order chi connectivity index (χ1) is 25.3. The van der Waals surface area contributed by atoms with E-state index in [4.69, 9.17) is 11.6 Å². The smallest absolute Gasteiger partial charge is 0.253 e. The zero-order valence-electron chi connectivity index (χ0n) is 29.3. The molecule has 0 bridgehead atoms. The quantitative estimate of drug-likeness (QED) is 0.155. The monoisotopic (exact) mass is 721 g/mol. The molecule has 0 saturated carbocycles. The number of halogens is 1. The average Bonchev–Trinajstić information content (AvgIpc) is 3.17. The molecule has 1 aromatic heterocycles. The molecule has 270 valence electrons. The van der Waals surface area contributed by atoms with Crippen molar-refractivity contribution in [3.63, 3.8) is 0 Å². The van der Waals surface area contributed by atoms with Crippen molar-refractivity contribution in [3.05, 3.63) is 95.1 Å². The predicted octanol–water partition coefficient (Wildman–Crippen LogP) is 5.54. The summed E-state index contributed by atoms with van der Waals surface area (Å²) in [6.07, 6.45) is 4.84. The van der Waals surface area contributed by atoms with Gasteiger partial charge in [0.05, 0.1) is 23.4 Å². The van der Waals surface area contributed by atoms with Gasteiger partial charge in [0.2, 0.25) is 17.8 Å². The molecule has 0 unspecified atom stereocenters. The lowest BCUT2D eigenvalue weighted by molar-refractivity contribution is -0.134. The minimum atomic E-state index is -0.240. The van der Waals surface area contributed by atoms with E-state index in [9.17, 15) is 14.4 Å². The number of para-hydroxylation sites is 1. The molecule has 0 radical (unpaired) electrons. The summed E-state index contributed by atoms with van der Waals surface area (Å²) in [6, 6.07) is 23.8. The number of rotatable bonds is 10. The van der Waals surface area contributed by atoms with Gasteiger partial charge in [-0.05, 0) is 79.3 Å². The molecule has 3 aliphatic heterocycles. The Balaban J connectivity index is 0.861. The van der Waals surface area contributed by atoms with Crippen LogP contribution in [0.25, 0.3) is 0 Å². The van der Waals surface area contributed by atoms with Gasteiger partial charge in [-0.2, -0.15) is 4.98 Å². The van der Waals surface area contributed by atoms with Crippen LogP contribution >= 0.6 is 11.6 Å². The van der Waals surface area contributed by atoms with Crippen molar-refractivity contribution in [2.24, 2.45) is 5.92 Å². The van der Waals surface area contributed by atoms with Crippen LogP contribution in [0, 0.1) is 5.92 Å². The van der Waals surface area contributed by atoms with Crippen LogP contribution in [0.4, 0.5) is 34.5 Å². The van der Waals surface area contributed by atoms with Crippen LogP contribution in [0.15, 0.2) is 79.0 Å². The van der Waals surface area contributed by atoms with E-state index in [0.717, 1.165) is 57.1 Å².